The molecule has 15 heteroatoms. The highest BCUT2D eigenvalue weighted by Gasteiger charge is 2.32. The third-order valence-electron chi connectivity index (χ3n) is 7.91. The Kier molecular flexibility index (Phi) is 11.3. The molecule has 1 atom stereocenters. The van der Waals surface area contributed by atoms with Crippen molar-refractivity contribution in [2.75, 3.05) is 20.3 Å². The summed E-state index contributed by atoms with van der Waals surface area (Å²) in [7, 11) is 1.48. The lowest BCUT2D eigenvalue weighted by Gasteiger charge is -2.31. The second-order valence-electron chi connectivity index (χ2n) is 13.0. The van der Waals surface area contributed by atoms with Gasteiger partial charge in [-0.05, 0) is 60.1 Å². The minimum Gasteiger partial charge on any atom is -0.481 e. The van der Waals surface area contributed by atoms with Crippen LogP contribution in [-0.4, -0.2) is 68.9 Å². The van der Waals surface area contributed by atoms with E-state index in [0.717, 1.165) is 12.8 Å². The number of hydrogen-bond donors (Lipinski definition) is 2. The van der Waals surface area contributed by atoms with E-state index in [1.165, 1.54) is 30.6 Å². The summed E-state index contributed by atoms with van der Waals surface area (Å²) >= 11 is 6.63. The van der Waals surface area contributed by atoms with Crippen LogP contribution in [-0.2, 0) is 4.74 Å². The zero-order valence-corrected chi connectivity index (χ0v) is 28.9. The quantitative estimate of drug-likeness (QED) is 0.119. The van der Waals surface area contributed by atoms with Gasteiger partial charge in [0, 0.05) is 47.7 Å². The van der Waals surface area contributed by atoms with Gasteiger partial charge in [-0.15, -0.1) is 0 Å². The smallest absolute Gasteiger partial charge is 0.407 e. The topological polar surface area (TPSA) is 150 Å². The van der Waals surface area contributed by atoms with E-state index in [0.29, 0.717) is 50.8 Å². The standard InChI is InChI=1S/C35H39ClF2N8O4/c1-35(2,3)14-16-41-33(39)46(31(47)22-7-5-21(6-8-22)24-18-42-45(19-24)32(37)38)28(20-50-34(48)43-25-10-11-25)23-9-12-27(36)26(17-23)30-40-15-13-29(44-30)49-4/h5-9,12-13,15,17-19,25,28,32H,10-11,14,16,20H2,1-4H3,(H2,39,41)(H,43,48)/t28-/m1/s1. The van der Waals surface area contributed by atoms with Crippen LogP contribution in [0.1, 0.15) is 68.5 Å². The number of aromatic nitrogens is 4. The molecule has 264 valence electrons. The molecule has 1 saturated carbocycles. The van der Waals surface area contributed by atoms with E-state index < -0.39 is 24.6 Å². The van der Waals surface area contributed by atoms with E-state index in [2.05, 4.69) is 46.1 Å². The molecule has 1 aliphatic rings. The molecule has 50 heavy (non-hydrogen) atoms. The van der Waals surface area contributed by atoms with Gasteiger partial charge in [0.05, 0.1) is 24.4 Å². The minimum atomic E-state index is -2.78. The third kappa shape index (κ3) is 9.31. The Bertz CT molecular complexity index is 1840. The molecule has 5 rings (SSSR count). The molecule has 0 aliphatic heterocycles. The third-order valence-corrected chi connectivity index (χ3v) is 8.24. The first kappa shape index (κ1) is 36.2. The van der Waals surface area contributed by atoms with Crippen LogP contribution >= 0.6 is 11.6 Å². The molecular weight excluding hydrogens is 670 g/mol. The lowest BCUT2D eigenvalue weighted by atomic mass is 9.92. The molecule has 12 nitrogen and oxygen atoms in total. The molecule has 1 fully saturated rings. The SMILES string of the molecule is COc1ccnc(-c2cc([C@@H](COC(=O)NC3CC3)N(C(=O)c3ccc(-c4cnn(C(F)F)c4)cc3)C(N)=NCCC(C)(C)C)ccc2Cl)n1. The van der Waals surface area contributed by atoms with Gasteiger partial charge in [0.1, 0.15) is 6.61 Å². The van der Waals surface area contributed by atoms with E-state index in [9.17, 15) is 18.4 Å². The molecule has 0 spiro atoms. The molecular formula is C35H39ClF2N8O4. The maximum atomic E-state index is 14.5. The van der Waals surface area contributed by atoms with Crippen molar-refractivity contribution in [1.82, 2.24) is 30.0 Å². The fraction of sp³-hybridized carbons (Fsp3) is 0.371. The monoisotopic (exact) mass is 708 g/mol. The van der Waals surface area contributed by atoms with Crippen LogP contribution in [0.15, 0.2) is 72.1 Å². The van der Waals surface area contributed by atoms with Crippen molar-refractivity contribution < 1.29 is 27.8 Å². The summed E-state index contributed by atoms with van der Waals surface area (Å²) in [4.78, 5) is 41.9. The summed E-state index contributed by atoms with van der Waals surface area (Å²) in [5.41, 5.74) is 8.78. The summed E-state index contributed by atoms with van der Waals surface area (Å²) in [5, 5.41) is 6.82. The first-order valence-electron chi connectivity index (χ1n) is 16.0. The molecule has 2 amide bonds. The van der Waals surface area contributed by atoms with Gasteiger partial charge in [-0.1, -0.05) is 50.6 Å². The van der Waals surface area contributed by atoms with Crippen molar-refractivity contribution in [3.8, 4) is 28.4 Å². The van der Waals surface area contributed by atoms with Crippen LogP contribution in [0, 0.1) is 5.41 Å². The van der Waals surface area contributed by atoms with Crippen molar-refractivity contribution in [1.29, 1.82) is 0 Å². The molecule has 1 aliphatic carbocycles. The van der Waals surface area contributed by atoms with Crippen LogP contribution < -0.4 is 15.8 Å². The van der Waals surface area contributed by atoms with Gasteiger partial charge in [0.25, 0.3) is 5.91 Å². The van der Waals surface area contributed by atoms with Gasteiger partial charge in [0.15, 0.2) is 11.8 Å². The molecule has 0 radical (unpaired) electrons. The van der Waals surface area contributed by atoms with Gasteiger partial charge in [-0.2, -0.15) is 18.9 Å². The highest BCUT2D eigenvalue weighted by atomic mass is 35.5. The van der Waals surface area contributed by atoms with Gasteiger partial charge >= 0.3 is 12.6 Å². The predicted molar refractivity (Wildman–Crippen MR) is 185 cm³/mol. The number of nitrogens with zero attached hydrogens (tertiary/aromatic N) is 6. The van der Waals surface area contributed by atoms with Crippen LogP contribution in [0.2, 0.25) is 5.02 Å². The predicted octanol–water partition coefficient (Wildman–Crippen LogP) is 6.89. The Hall–Kier alpha value is -5.11. The van der Waals surface area contributed by atoms with Crippen LogP contribution in [0.25, 0.3) is 22.5 Å². The number of ether oxygens (including phenoxy) is 2. The Morgan fingerprint density at radius 2 is 1.88 bits per heavy atom. The number of benzene rings is 2. The fourth-order valence-corrected chi connectivity index (χ4v) is 5.15. The summed E-state index contributed by atoms with van der Waals surface area (Å²) < 4.78 is 37.8. The van der Waals surface area contributed by atoms with Gasteiger partial charge in [0.2, 0.25) is 5.88 Å². The number of alkyl halides is 2. The lowest BCUT2D eigenvalue weighted by molar-refractivity contribution is 0.0566. The van der Waals surface area contributed by atoms with Gasteiger partial charge < -0.3 is 20.5 Å². The molecule has 0 saturated heterocycles. The molecule has 2 aromatic carbocycles. The maximum absolute atomic E-state index is 14.5. The number of nitrogens with one attached hydrogen (secondary N) is 1. The second kappa shape index (κ2) is 15.6. The van der Waals surface area contributed by atoms with Gasteiger partial charge in [-0.25, -0.2) is 14.5 Å². The molecule has 2 heterocycles. The van der Waals surface area contributed by atoms with Crippen LogP contribution in [0.5, 0.6) is 5.88 Å². The van der Waals surface area contributed by atoms with Crippen molar-refractivity contribution in [2.24, 2.45) is 16.1 Å². The van der Waals surface area contributed by atoms with Crippen molar-refractivity contribution in [2.45, 2.75) is 58.7 Å². The average Bonchev–Trinajstić information content (AvgIpc) is 3.75. The number of carbonyl (C=O) groups excluding carboxylic acids is 2. The Balaban J connectivity index is 1.56. The van der Waals surface area contributed by atoms with E-state index in [1.54, 1.807) is 48.5 Å². The number of halogens is 3. The first-order chi connectivity index (χ1) is 23.8. The lowest BCUT2D eigenvalue weighted by Crippen LogP contribution is -2.46. The highest BCUT2D eigenvalue weighted by molar-refractivity contribution is 6.33. The molecule has 3 N–H and O–H groups in total. The van der Waals surface area contributed by atoms with Crippen molar-refractivity contribution >= 4 is 29.6 Å². The van der Waals surface area contributed by atoms with E-state index in [4.69, 9.17) is 26.8 Å². The minimum absolute atomic E-state index is 0.0429. The Morgan fingerprint density at radius 1 is 1.14 bits per heavy atom. The van der Waals surface area contributed by atoms with E-state index in [-0.39, 0.29) is 35.4 Å². The zero-order valence-electron chi connectivity index (χ0n) is 28.1. The largest absolute Gasteiger partial charge is 0.481 e. The normalized spacial score (nSPS) is 14.0. The number of amides is 2. The summed E-state index contributed by atoms with van der Waals surface area (Å²) in [6, 6.07) is 12.1. The van der Waals surface area contributed by atoms with Crippen LogP contribution in [0.4, 0.5) is 13.6 Å². The zero-order chi connectivity index (χ0) is 36.0. The van der Waals surface area contributed by atoms with Gasteiger partial charge in [-0.3, -0.25) is 14.7 Å². The summed E-state index contributed by atoms with van der Waals surface area (Å²) in [6.45, 7) is 3.46. The highest BCUT2D eigenvalue weighted by Crippen LogP contribution is 2.33. The number of hydrogen-bond acceptors (Lipinski definition) is 8. The second-order valence-corrected chi connectivity index (χ2v) is 13.4. The summed E-state index contributed by atoms with van der Waals surface area (Å²) in [6.07, 6.45) is 5.84. The molecule has 4 aromatic rings. The van der Waals surface area contributed by atoms with Crippen molar-refractivity contribution in [3.05, 3.63) is 83.3 Å². The number of methoxy groups -OCH3 is 1. The maximum Gasteiger partial charge on any atom is 0.407 e. The van der Waals surface area contributed by atoms with Crippen LogP contribution in [0.3, 0.4) is 0 Å². The van der Waals surface area contributed by atoms with E-state index in [1.807, 2.05) is 0 Å². The number of rotatable bonds is 12. The molecule has 0 unspecified atom stereocenters. The molecule has 2 aromatic heterocycles. The number of alkyl carbamates (subject to hydrolysis) is 1. The first-order valence-corrected chi connectivity index (χ1v) is 16.4. The Labute approximate surface area is 293 Å². The number of guanidine groups is 1. The summed E-state index contributed by atoms with van der Waals surface area (Å²) in [5.74, 6) is -0.0306. The molecule has 0 bridgehead atoms. The number of carbonyl (C=O) groups is 2. The number of nitrogens with two attached hydrogens (primary N) is 1. The Morgan fingerprint density at radius 3 is 2.52 bits per heavy atom. The number of aliphatic imine (C=N–C) groups is 1. The fourth-order valence-electron chi connectivity index (χ4n) is 4.94. The average molecular weight is 709 g/mol. The van der Waals surface area contributed by atoms with E-state index >= 15 is 0 Å². The van der Waals surface area contributed by atoms with Crippen molar-refractivity contribution in [3.63, 3.8) is 0 Å².